The number of benzene rings is 1. The highest BCUT2D eigenvalue weighted by Crippen LogP contribution is 2.44. The van der Waals surface area contributed by atoms with Crippen molar-refractivity contribution >= 4 is 28.2 Å². The number of ketones is 1. The van der Waals surface area contributed by atoms with E-state index in [4.69, 9.17) is 0 Å². The van der Waals surface area contributed by atoms with Crippen LogP contribution in [0.3, 0.4) is 0 Å². The average Bonchev–Trinajstić information content (AvgIpc) is 3.25. The molecule has 0 atom stereocenters. The van der Waals surface area contributed by atoms with Crippen LogP contribution in [0.1, 0.15) is 48.9 Å². The summed E-state index contributed by atoms with van der Waals surface area (Å²) >= 11 is 0. The van der Waals surface area contributed by atoms with Gasteiger partial charge in [0.2, 0.25) is 5.92 Å². The summed E-state index contributed by atoms with van der Waals surface area (Å²) in [6.45, 7) is 0.689. The van der Waals surface area contributed by atoms with Crippen molar-refractivity contribution in [3.8, 4) is 0 Å². The number of rotatable bonds is 7. The van der Waals surface area contributed by atoms with Gasteiger partial charge in [-0.15, -0.1) is 12.4 Å². The predicted octanol–water partition coefficient (Wildman–Crippen LogP) is 4.18. The van der Waals surface area contributed by atoms with Gasteiger partial charge in [-0.25, -0.2) is 35.4 Å². The molecule has 0 radical (unpaired) electrons. The SMILES string of the molecule is Cl.Cn1cnc(S(=O)(=O)N2CCN(C3(CCC(=O)c4c(F)cc(F)cc4F)CCC(F)(F)CC3)CC2)c1. The van der Waals surface area contributed by atoms with Gasteiger partial charge in [0.05, 0.1) is 11.9 Å². The van der Waals surface area contributed by atoms with Crippen LogP contribution in [0, 0.1) is 17.5 Å². The van der Waals surface area contributed by atoms with Crippen LogP contribution in [0.25, 0.3) is 0 Å². The highest BCUT2D eigenvalue weighted by molar-refractivity contribution is 7.89. The fourth-order valence-electron chi connectivity index (χ4n) is 5.14. The highest BCUT2D eigenvalue weighted by atomic mass is 35.5. The van der Waals surface area contributed by atoms with Crippen LogP contribution in [0.5, 0.6) is 0 Å². The van der Waals surface area contributed by atoms with Crippen LogP contribution in [0.4, 0.5) is 22.0 Å². The molecule has 1 saturated carbocycles. The zero-order chi connectivity index (χ0) is 26.3. The van der Waals surface area contributed by atoms with Crippen LogP contribution >= 0.6 is 12.4 Å². The van der Waals surface area contributed by atoms with E-state index in [0.717, 1.165) is 0 Å². The Morgan fingerprint density at radius 3 is 2.08 bits per heavy atom. The maximum Gasteiger partial charge on any atom is 0.262 e. The summed E-state index contributed by atoms with van der Waals surface area (Å²) in [6.07, 6.45) is 1.79. The molecule has 0 spiro atoms. The van der Waals surface area contributed by atoms with Crippen molar-refractivity contribution in [3.63, 3.8) is 0 Å². The highest BCUT2D eigenvalue weighted by Gasteiger charge is 2.47. The molecule has 0 unspecified atom stereocenters. The van der Waals surface area contributed by atoms with E-state index in [2.05, 4.69) is 4.98 Å². The van der Waals surface area contributed by atoms with Crippen LogP contribution in [0.15, 0.2) is 29.7 Å². The van der Waals surface area contributed by atoms with Crippen molar-refractivity contribution in [2.75, 3.05) is 26.2 Å². The molecule has 1 aromatic carbocycles. The summed E-state index contributed by atoms with van der Waals surface area (Å²) in [6, 6.07) is 0.850. The van der Waals surface area contributed by atoms with E-state index >= 15 is 0 Å². The average molecular weight is 571 g/mol. The Bertz CT molecular complexity index is 1220. The monoisotopic (exact) mass is 570 g/mol. The summed E-state index contributed by atoms with van der Waals surface area (Å²) in [7, 11) is -2.17. The van der Waals surface area contributed by atoms with Gasteiger partial charge in [0.1, 0.15) is 17.5 Å². The molecular weight excluding hydrogens is 543 g/mol. The molecule has 4 rings (SSSR count). The fourth-order valence-corrected chi connectivity index (χ4v) is 6.53. The van der Waals surface area contributed by atoms with E-state index in [1.165, 1.54) is 21.4 Å². The first kappa shape index (κ1) is 29.5. The molecule has 0 amide bonds. The van der Waals surface area contributed by atoms with Gasteiger partial charge in [0.15, 0.2) is 10.8 Å². The minimum atomic E-state index is -3.82. The lowest BCUT2D eigenvalue weighted by Gasteiger charge is -2.50. The van der Waals surface area contributed by atoms with Gasteiger partial charge in [-0.3, -0.25) is 9.69 Å². The van der Waals surface area contributed by atoms with Crippen molar-refractivity contribution < 1.29 is 35.2 Å². The number of hydrogen-bond acceptors (Lipinski definition) is 5. The lowest BCUT2D eigenvalue weighted by Crippen LogP contribution is -2.59. The third kappa shape index (κ3) is 6.15. The minimum absolute atomic E-state index is 0. The van der Waals surface area contributed by atoms with Gasteiger partial charge < -0.3 is 4.57 Å². The Hall–Kier alpha value is -2.09. The zero-order valence-electron chi connectivity index (χ0n) is 20.1. The van der Waals surface area contributed by atoms with Crippen molar-refractivity contribution in [2.45, 2.75) is 55.0 Å². The third-order valence-electron chi connectivity index (χ3n) is 7.21. The van der Waals surface area contributed by atoms with Gasteiger partial charge in [0, 0.05) is 76.4 Å². The van der Waals surface area contributed by atoms with E-state index < -0.39 is 63.1 Å². The molecule has 1 aliphatic heterocycles. The molecule has 2 aromatic rings. The summed E-state index contributed by atoms with van der Waals surface area (Å²) in [5.74, 6) is -7.50. The molecule has 37 heavy (non-hydrogen) atoms. The van der Waals surface area contributed by atoms with Gasteiger partial charge in [0.25, 0.3) is 10.0 Å². The number of Topliss-reactive ketones (excluding diaryl/α,β-unsaturated/α-hetero) is 1. The zero-order valence-corrected chi connectivity index (χ0v) is 21.7. The number of carbonyl (C=O) groups excluding carboxylic acids is 1. The number of nitrogens with zero attached hydrogens (tertiary/aromatic N) is 4. The maximum absolute atomic E-state index is 14.1. The van der Waals surface area contributed by atoms with Crippen molar-refractivity contribution in [1.82, 2.24) is 18.8 Å². The van der Waals surface area contributed by atoms with E-state index in [1.54, 1.807) is 7.05 Å². The number of halogens is 6. The normalized spacial score (nSPS) is 20.4. The summed E-state index contributed by atoms with van der Waals surface area (Å²) < 4.78 is 98.0. The second-order valence-electron chi connectivity index (χ2n) is 9.52. The topological polar surface area (TPSA) is 75.5 Å². The first-order valence-electron chi connectivity index (χ1n) is 11.6. The molecule has 1 saturated heterocycles. The van der Waals surface area contributed by atoms with Crippen molar-refractivity contribution in [1.29, 1.82) is 0 Å². The van der Waals surface area contributed by atoms with E-state index in [0.29, 0.717) is 12.1 Å². The number of aryl methyl sites for hydroxylation is 1. The molecule has 14 heteroatoms. The Balaban J connectivity index is 0.00000380. The Labute approximate surface area is 218 Å². The number of alkyl halides is 2. The molecular formula is C23H28ClF5N4O3S. The van der Waals surface area contributed by atoms with Crippen molar-refractivity contribution in [3.05, 3.63) is 47.7 Å². The van der Waals surface area contributed by atoms with E-state index in [9.17, 15) is 35.2 Å². The number of sulfonamides is 1. The third-order valence-corrected chi connectivity index (χ3v) is 8.99. The number of carbonyl (C=O) groups is 1. The number of hydrogen-bond donors (Lipinski definition) is 0. The first-order valence-corrected chi connectivity index (χ1v) is 13.1. The number of piperazine rings is 1. The quantitative estimate of drug-likeness (QED) is 0.369. The molecule has 2 heterocycles. The lowest BCUT2D eigenvalue weighted by molar-refractivity contribution is -0.0891. The Kier molecular flexibility index (Phi) is 8.72. The summed E-state index contributed by atoms with van der Waals surface area (Å²) in [5, 5.41) is -0.0839. The molecule has 1 aliphatic carbocycles. The van der Waals surface area contributed by atoms with Gasteiger partial charge in [-0.1, -0.05) is 0 Å². The Morgan fingerprint density at radius 1 is 1.00 bits per heavy atom. The second kappa shape index (κ2) is 11.0. The molecule has 1 aromatic heterocycles. The predicted molar refractivity (Wildman–Crippen MR) is 127 cm³/mol. The molecule has 2 fully saturated rings. The molecule has 2 aliphatic rings. The molecule has 7 nitrogen and oxygen atoms in total. The van der Waals surface area contributed by atoms with Crippen LogP contribution in [-0.2, 0) is 17.1 Å². The van der Waals surface area contributed by atoms with Crippen molar-refractivity contribution in [2.24, 2.45) is 7.05 Å². The second-order valence-corrected chi connectivity index (χ2v) is 11.4. The molecule has 206 valence electrons. The fraction of sp³-hybridized carbons (Fsp3) is 0.565. The first-order chi connectivity index (χ1) is 16.8. The smallest absolute Gasteiger partial charge is 0.262 e. The van der Waals surface area contributed by atoms with Gasteiger partial charge in [-0.2, -0.15) is 4.31 Å². The van der Waals surface area contributed by atoms with Crippen LogP contribution in [0.2, 0.25) is 0 Å². The van der Waals surface area contributed by atoms with E-state index in [1.807, 2.05) is 4.90 Å². The maximum atomic E-state index is 14.1. The summed E-state index contributed by atoms with van der Waals surface area (Å²) in [4.78, 5) is 18.5. The minimum Gasteiger partial charge on any atom is -0.339 e. The summed E-state index contributed by atoms with van der Waals surface area (Å²) in [5.41, 5.74) is -1.70. The van der Waals surface area contributed by atoms with Crippen LogP contribution in [-0.4, -0.2) is 70.6 Å². The molecule has 0 bridgehead atoms. The standard InChI is InChI=1S/C23H27F5N4O3S.ClH/c1-30-14-20(29-15-30)36(34,35)32-10-8-31(9-11-32)22(4-6-23(27,28)7-5-22)3-2-19(33)21-17(25)12-16(24)13-18(21)26;/h12-15H,2-11H2,1H3;1H. The van der Waals surface area contributed by atoms with Gasteiger partial charge >= 0.3 is 0 Å². The van der Waals surface area contributed by atoms with E-state index in [-0.39, 0.29) is 69.3 Å². The lowest BCUT2D eigenvalue weighted by atomic mass is 9.74. The van der Waals surface area contributed by atoms with Crippen LogP contribution < -0.4 is 0 Å². The molecule has 0 N–H and O–H groups in total. The van der Waals surface area contributed by atoms with Gasteiger partial charge in [-0.05, 0) is 19.3 Å². The number of imidazole rings is 1. The number of aromatic nitrogens is 2. The largest absolute Gasteiger partial charge is 0.339 e. The Morgan fingerprint density at radius 2 is 1.57 bits per heavy atom.